The Morgan fingerprint density at radius 3 is 2.70 bits per heavy atom. The van der Waals surface area contributed by atoms with Gasteiger partial charge in [-0.1, -0.05) is 32.1 Å². The Balaban J connectivity index is 1.57. The molecule has 0 aliphatic heterocycles. The van der Waals surface area contributed by atoms with Crippen molar-refractivity contribution in [2.45, 2.75) is 71.4 Å². The summed E-state index contributed by atoms with van der Waals surface area (Å²) in [7, 11) is 1.58. The van der Waals surface area contributed by atoms with E-state index >= 15 is 0 Å². The van der Waals surface area contributed by atoms with Crippen LogP contribution in [0.1, 0.15) is 64.4 Å². The molecule has 1 aromatic rings. The molecule has 7 unspecified atom stereocenters. The quantitative estimate of drug-likeness (QED) is 0.498. The maximum Gasteiger partial charge on any atom is 0.126 e. The molecule has 0 saturated heterocycles. The third-order valence-electron chi connectivity index (χ3n) is 9.91. The van der Waals surface area contributed by atoms with Gasteiger partial charge in [-0.25, -0.2) is 4.39 Å². The van der Waals surface area contributed by atoms with E-state index in [4.69, 9.17) is 4.74 Å². The Bertz CT molecular complexity index is 860. The molecule has 0 spiro atoms. The highest BCUT2D eigenvalue weighted by Gasteiger charge is 2.56. The van der Waals surface area contributed by atoms with Crippen molar-refractivity contribution in [3.05, 3.63) is 41.7 Å². The average Bonchev–Trinajstić information content (AvgIpc) is 3.11. The summed E-state index contributed by atoms with van der Waals surface area (Å²) in [5.74, 6) is 1.98. The van der Waals surface area contributed by atoms with Gasteiger partial charge in [0.15, 0.2) is 0 Å². The first-order valence-corrected chi connectivity index (χ1v) is 12.7. The summed E-state index contributed by atoms with van der Waals surface area (Å²) in [6.45, 7) is 10.9. The van der Waals surface area contributed by atoms with Crippen molar-refractivity contribution in [3.8, 4) is 5.75 Å². The smallest absolute Gasteiger partial charge is 0.126 e. The van der Waals surface area contributed by atoms with Gasteiger partial charge in [0.1, 0.15) is 11.6 Å². The van der Waals surface area contributed by atoms with E-state index in [1.165, 1.54) is 30.5 Å². The van der Waals surface area contributed by atoms with Crippen LogP contribution >= 0.6 is 0 Å². The second-order valence-electron chi connectivity index (χ2n) is 11.4. The van der Waals surface area contributed by atoms with Crippen molar-refractivity contribution in [2.24, 2.45) is 34.5 Å². The highest BCUT2D eigenvalue weighted by molar-refractivity contribution is 5.34. The summed E-state index contributed by atoms with van der Waals surface area (Å²) < 4.78 is 19.0. The molecule has 5 heteroatoms. The topological polar surface area (TPSA) is 61.7 Å². The fourth-order valence-electron chi connectivity index (χ4n) is 7.70. The third kappa shape index (κ3) is 4.49. The lowest BCUT2D eigenvalue weighted by Crippen LogP contribution is -2.53. The number of rotatable bonds is 7. The molecule has 3 aliphatic carbocycles. The molecule has 4 nitrogen and oxygen atoms in total. The zero-order chi connectivity index (χ0) is 23.8. The Morgan fingerprint density at radius 2 is 1.97 bits per heavy atom. The van der Waals surface area contributed by atoms with E-state index in [1.54, 1.807) is 13.2 Å². The summed E-state index contributed by atoms with van der Waals surface area (Å²) in [6.07, 6.45) is 6.79. The minimum Gasteiger partial charge on any atom is -0.496 e. The predicted octanol–water partition coefficient (Wildman–Crippen LogP) is 5.08. The number of benzene rings is 1. The molecule has 0 amide bonds. The number of halogens is 1. The number of methoxy groups -OCH3 is 1. The minimum absolute atomic E-state index is 0.0269. The second-order valence-corrected chi connectivity index (χ2v) is 11.4. The van der Waals surface area contributed by atoms with Crippen molar-refractivity contribution < 1.29 is 19.3 Å². The Labute approximate surface area is 198 Å². The molecule has 184 valence electrons. The van der Waals surface area contributed by atoms with Crippen molar-refractivity contribution in [3.63, 3.8) is 0 Å². The number of hydrogen-bond acceptors (Lipinski definition) is 4. The molecule has 3 fully saturated rings. The lowest BCUT2D eigenvalue weighted by Gasteiger charge is -2.56. The lowest BCUT2D eigenvalue weighted by molar-refractivity contribution is -0.0933. The first-order chi connectivity index (χ1) is 15.7. The molecule has 4 rings (SSSR count). The van der Waals surface area contributed by atoms with Gasteiger partial charge in [0.05, 0.1) is 13.2 Å². The number of allylic oxidation sites excluding steroid dienone is 1. The second kappa shape index (κ2) is 9.67. The average molecular weight is 460 g/mol. The molecular weight excluding hydrogens is 417 g/mol. The van der Waals surface area contributed by atoms with Gasteiger partial charge in [-0.15, -0.1) is 0 Å². The van der Waals surface area contributed by atoms with E-state index in [1.807, 2.05) is 0 Å². The van der Waals surface area contributed by atoms with Crippen LogP contribution in [0.3, 0.4) is 0 Å². The largest absolute Gasteiger partial charge is 0.496 e. The van der Waals surface area contributed by atoms with Crippen LogP contribution < -0.4 is 10.1 Å². The van der Waals surface area contributed by atoms with Crippen LogP contribution in [-0.4, -0.2) is 36.6 Å². The van der Waals surface area contributed by atoms with Crippen LogP contribution in [0.25, 0.3) is 0 Å². The fourth-order valence-corrected chi connectivity index (χ4v) is 7.70. The first kappa shape index (κ1) is 24.7. The highest BCUT2D eigenvalue weighted by atomic mass is 19.1. The van der Waals surface area contributed by atoms with Crippen LogP contribution in [0.5, 0.6) is 5.75 Å². The van der Waals surface area contributed by atoms with Crippen LogP contribution in [0.15, 0.2) is 30.4 Å². The van der Waals surface area contributed by atoms with E-state index < -0.39 is 0 Å². The number of fused-ring (bicyclic) bond motifs is 1. The molecule has 3 N–H and O–H groups in total. The van der Waals surface area contributed by atoms with Gasteiger partial charge in [0.2, 0.25) is 0 Å². The molecule has 1 aromatic carbocycles. The Hall–Kier alpha value is -1.43. The van der Waals surface area contributed by atoms with Crippen LogP contribution in [-0.2, 0) is 6.54 Å². The molecule has 33 heavy (non-hydrogen) atoms. The number of ether oxygens (including phenoxy) is 1. The fraction of sp³-hybridized carbons (Fsp3) is 0.714. The van der Waals surface area contributed by atoms with Gasteiger partial charge in [-0.2, -0.15) is 0 Å². The number of nitrogens with one attached hydrogen (secondary N) is 1. The molecular formula is C28H42FNO3. The van der Waals surface area contributed by atoms with E-state index in [-0.39, 0.29) is 35.3 Å². The zero-order valence-electron chi connectivity index (χ0n) is 20.6. The molecule has 3 aliphatic rings. The van der Waals surface area contributed by atoms with Gasteiger partial charge in [-0.3, -0.25) is 0 Å². The third-order valence-corrected chi connectivity index (χ3v) is 9.91. The van der Waals surface area contributed by atoms with Gasteiger partial charge >= 0.3 is 0 Å². The van der Waals surface area contributed by atoms with Gasteiger partial charge < -0.3 is 20.3 Å². The first-order valence-electron chi connectivity index (χ1n) is 12.7. The molecule has 3 saturated carbocycles. The summed E-state index contributed by atoms with van der Waals surface area (Å²) in [4.78, 5) is 0. The van der Waals surface area contributed by atoms with E-state index in [2.05, 4.69) is 25.7 Å². The van der Waals surface area contributed by atoms with Crippen molar-refractivity contribution in [1.29, 1.82) is 0 Å². The highest BCUT2D eigenvalue weighted by Crippen LogP contribution is 2.63. The summed E-state index contributed by atoms with van der Waals surface area (Å²) in [6, 6.07) is 4.73. The monoisotopic (exact) mass is 459 g/mol. The SMILES string of the molecule is C=C1CCC2C(CNCc3ccc(F)cc3OC)C(C3(C)CCC(O)CC3CO)CCC12C. The number of hydrogen-bond donors (Lipinski definition) is 3. The van der Waals surface area contributed by atoms with Crippen molar-refractivity contribution in [1.82, 2.24) is 5.32 Å². The zero-order valence-corrected chi connectivity index (χ0v) is 20.6. The molecule has 0 bridgehead atoms. The summed E-state index contributed by atoms with van der Waals surface area (Å²) in [5.41, 5.74) is 2.58. The minimum atomic E-state index is -0.294. The van der Waals surface area contributed by atoms with Crippen LogP contribution in [0.2, 0.25) is 0 Å². The molecule has 0 radical (unpaired) electrons. The molecule has 7 atom stereocenters. The van der Waals surface area contributed by atoms with Gasteiger partial charge in [0, 0.05) is 24.8 Å². The van der Waals surface area contributed by atoms with Crippen molar-refractivity contribution in [2.75, 3.05) is 20.3 Å². The van der Waals surface area contributed by atoms with E-state index in [0.717, 1.165) is 37.8 Å². The lowest BCUT2D eigenvalue weighted by atomic mass is 9.49. The van der Waals surface area contributed by atoms with E-state index in [9.17, 15) is 14.6 Å². The summed E-state index contributed by atoms with van der Waals surface area (Å²) in [5, 5.41) is 24.3. The normalized spacial score (nSPS) is 38.8. The standard InChI is InChI=1S/C28H42FNO3/c1-18-5-8-24-23(16-30-15-19-6-7-21(29)14-26(19)33-4)25(10-12-27(18,24)2)28(3)11-9-22(32)13-20(28)17-31/h6-7,14,20,22-25,30-32H,1,5,8-13,15-17H2,2-4H3. The predicted molar refractivity (Wildman–Crippen MR) is 129 cm³/mol. The number of aliphatic hydroxyl groups excluding tert-OH is 2. The Kier molecular flexibility index (Phi) is 7.24. The Morgan fingerprint density at radius 1 is 1.18 bits per heavy atom. The van der Waals surface area contributed by atoms with Crippen LogP contribution in [0, 0.1) is 40.3 Å². The molecule has 0 heterocycles. The molecule has 0 aromatic heterocycles. The van der Waals surface area contributed by atoms with Crippen LogP contribution in [0.4, 0.5) is 4.39 Å². The number of aliphatic hydroxyl groups is 2. The maximum absolute atomic E-state index is 13.6. The summed E-state index contributed by atoms with van der Waals surface area (Å²) >= 11 is 0. The van der Waals surface area contributed by atoms with Crippen molar-refractivity contribution >= 4 is 0 Å². The van der Waals surface area contributed by atoms with Gasteiger partial charge in [-0.05, 0) is 92.1 Å². The van der Waals surface area contributed by atoms with Gasteiger partial charge in [0.25, 0.3) is 0 Å². The van der Waals surface area contributed by atoms with E-state index in [0.29, 0.717) is 36.5 Å². The maximum atomic E-state index is 13.6.